The molecule has 2 heterocycles. The van der Waals surface area contributed by atoms with Gasteiger partial charge in [-0.25, -0.2) is 0 Å². The number of aromatic hydroxyl groups is 1. The first kappa shape index (κ1) is 18.1. The molecule has 5 heteroatoms. The van der Waals surface area contributed by atoms with E-state index in [1.807, 2.05) is 12.1 Å². The number of amides is 1. The van der Waals surface area contributed by atoms with E-state index in [9.17, 15) is 9.90 Å². The van der Waals surface area contributed by atoms with Gasteiger partial charge in [-0.15, -0.1) is 0 Å². The third-order valence-corrected chi connectivity index (χ3v) is 5.46. The van der Waals surface area contributed by atoms with Crippen molar-refractivity contribution in [2.75, 3.05) is 26.7 Å². The number of fused-ring (bicyclic) bond motifs is 1. The third kappa shape index (κ3) is 4.09. The number of hydrogen-bond acceptors (Lipinski definition) is 4. The zero-order chi connectivity index (χ0) is 18.0. The molecular weight excluding hydrogens is 316 g/mol. The van der Waals surface area contributed by atoms with Gasteiger partial charge in [0, 0.05) is 32.1 Å². The average molecular weight is 346 g/mol. The summed E-state index contributed by atoms with van der Waals surface area (Å²) in [6.07, 6.45) is 3.04. The molecule has 2 aliphatic rings. The van der Waals surface area contributed by atoms with Crippen molar-refractivity contribution >= 4 is 5.91 Å². The quantitative estimate of drug-likeness (QED) is 0.891. The van der Waals surface area contributed by atoms with Gasteiger partial charge in [-0.2, -0.15) is 0 Å². The van der Waals surface area contributed by atoms with Crippen LogP contribution in [0.15, 0.2) is 18.2 Å². The number of methoxy groups -OCH3 is 1. The number of nitrogens with zero attached hydrogens (tertiary/aromatic N) is 2. The third-order valence-electron chi connectivity index (χ3n) is 5.46. The Kier molecular flexibility index (Phi) is 5.52. The highest BCUT2D eigenvalue weighted by Gasteiger charge is 2.40. The second-order valence-corrected chi connectivity index (χ2v) is 7.84. The van der Waals surface area contributed by atoms with Crippen LogP contribution in [0.1, 0.15) is 38.7 Å². The number of piperidine rings is 1. The molecular formula is C20H30N2O3. The highest BCUT2D eigenvalue weighted by molar-refractivity contribution is 5.76. The minimum Gasteiger partial charge on any atom is -0.504 e. The van der Waals surface area contributed by atoms with Gasteiger partial charge in [0.2, 0.25) is 5.91 Å². The summed E-state index contributed by atoms with van der Waals surface area (Å²) >= 11 is 0. The van der Waals surface area contributed by atoms with E-state index in [1.54, 1.807) is 13.2 Å². The minimum absolute atomic E-state index is 0.175. The van der Waals surface area contributed by atoms with Gasteiger partial charge in [-0.1, -0.05) is 19.9 Å². The smallest absolute Gasteiger partial charge is 0.222 e. The van der Waals surface area contributed by atoms with Crippen LogP contribution in [0.25, 0.3) is 0 Å². The number of carbonyl (C=O) groups excluding carboxylic acids is 1. The van der Waals surface area contributed by atoms with Crippen LogP contribution in [0.4, 0.5) is 0 Å². The number of likely N-dealkylation sites (tertiary alicyclic amines) is 2. The van der Waals surface area contributed by atoms with Crippen molar-refractivity contribution in [1.29, 1.82) is 0 Å². The van der Waals surface area contributed by atoms with E-state index in [0.29, 0.717) is 36.0 Å². The van der Waals surface area contributed by atoms with Crippen molar-refractivity contribution in [2.45, 2.75) is 45.7 Å². The van der Waals surface area contributed by atoms with Gasteiger partial charge in [-0.05, 0) is 48.9 Å². The largest absolute Gasteiger partial charge is 0.504 e. The van der Waals surface area contributed by atoms with Gasteiger partial charge >= 0.3 is 0 Å². The Bertz CT molecular complexity index is 617. The van der Waals surface area contributed by atoms with Crippen molar-refractivity contribution in [3.63, 3.8) is 0 Å². The summed E-state index contributed by atoms with van der Waals surface area (Å²) < 4.78 is 5.23. The highest BCUT2D eigenvalue weighted by atomic mass is 16.5. The topological polar surface area (TPSA) is 53.0 Å². The van der Waals surface area contributed by atoms with Gasteiger partial charge < -0.3 is 14.7 Å². The molecule has 3 rings (SSSR count). The summed E-state index contributed by atoms with van der Waals surface area (Å²) in [5.74, 6) is 2.00. The molecule has 138 valence electrons. The van der Waals surface area contributed by atoms with Crippen LogP contribution in [0.5, 0.6) is 11.5 Å². The van der Waals surface area contributed by atoms with Crippen molar-refractivity contribution < 1.29 is 14.6 Å². The molecule has 1 aromatic carbocycles. The van der Waals surface area contributed by atoms with Gasteiger partial charge in [-0.3, -0.25) is 9.69 Å². The van der Waals surface area contributed by atoms with E-state index in [-0.39, 0.29) is 5.75 Å². The molecule has 0 unspecified atom stereocenters. The molecule has 2 saturated heterocycles. The molecule has 0 aliphatic carbocycles. The second kappa shape index (κ2) is 7.65. The maximum Gasteiger partial charge on any atom is 0.222 e. The molecule has 25 heavy (non-hydrogen) atoms. The minimum atomic E-state index is 0.175. The first-order chi connectivity index (χ1) is 12.0. The molecule has 0 bridgehead atoms. The highest BCUT2D eigenvalue weighted by Crippen LogP contribution is 2.33. The standard InChI is InChI=1S/C20H30N2O3/c1-14(2)9-20(24)22-12-16-5-4-8-21(17(16)13-22)11-15-6-7-18(23)19(10-15)25-3/h6-7,10,14,16-17,23H,4-5,8-9,11-13H2,1-3H3/t16-,17+/m1/s1. The molecule has 5 nitrogen and oxygen atoms in total. The zero-order valence-corrected chi connectivity index (χ0v) is 15.6. The lowest BCUT2D eigenvalue weighted by Crippen LogP contribution is -2.44. The number of phenolic OH excluding ortho intramolecular Hbond substituents is 1. The Hall–Kier alpha value is -1.75. The predicted molar refractivity (Wildman–Crippen MR) is 97.6 cm³/mol. The van der Waals surface area contributed by atoms with Gasteiger partial charge in [0.05, 0.1) is 7.11 Å². The van der Waals surface area contributed by atoms with Crippen LogP contribution < -0.4 is 4.74 Å². The maximum atomic E-state index is 12.4. The van der Waals surface area contributed by atoms with Gasteiger partial charge in [0.25, 0.3) is 0 Å². The van der Waals surface area contributed by atoms with E-state index >= 15 is 0 Å². The van der Waals surface area contributed by atoms with Gasteiger partial charge in [0.1, 0.15) is 0 Å². The van der Waals surface area contributed by atoms with Crippen LogP contribution in [0, 0.1) is 11.8 Å². The van der Waals surface area contributed by atoms with Gasteiger partial charge in [0.15, 0.2) is 11.5 Å². The summed E-state index contributed by atoms with van der Waals surface area (Å²) in [7, 11) is 1.57. The van der Waals surface area contributed by atoms with Crippen molar-refractivity contribution in [1.82, 2.24) is 9.80 Å². The Morgan fingerprint density at radius 2 is 2.16 bits per heavy atom. The summed E-state index contributed by atoms with van der Waals surface area (Å²) in [4.78, 5) is 17.0. The molecule has 1 amide bonds. The average Bonchev–Trinajstić information content (AvgIpc) is 3.01. The lowest BCUT2D eigenvalue weighted by Gasteiger charge is -2.36. The summed E-state index contributed by atoms with van der Waals surface area (Å²) in [5.41, 5.74) is 1.14. The van der Waals surface area contributed by atoms with Crippen LogP contribution in [0.2, 0.25) is 0 Å². The zero-order valence-electron chi connectivity index (χ0n) is 15.6. The molecule has 1 aromatic rings. The normalized spacial score (nSPS) is 23.8. The van der Waals surface area contributed by atoms with Crippen molar-refractivity contribution in [2.24, 2.45) is 11.8 Å². The molecule has 0 radical (unpaired) electrons. The number of rotatable bonds is 5. The van der Waals surface area contributed by atoms with E-state index in [4.69, 9.17) is 4.74 Å². The maximum absolute atomic E-state index is 12.4. The fourth-order valence-corrected chi connectivity index (χ4v) is 4.21. The second-order valence-electron chi connectivity index (χ2n) is 7.84. The fraction of sp³-hybridized carbons (Fsp3) is 0.650. The molecule has 2 atom stereocenters. The predicted octanol–water partition coefficient (Wildman–Crippen LogP) is 2.87. The first-order valence-electron chi connectivity index (χ1n) is 9.35. The SMILES string of the molecule is COc1cc(CN2CCC[C@@H]3CN(C(=O)CC(C)C)C[C@@H]32)ccc1O. The Morgan fingerprint density at radius 3 is 2.88 bits per heavy atom. The number of ether oxygens (including phenoxy) is 1. The number of hydrogen-bond donors (Lipinski definition) is 1. The van der Waals surface area contributed by atoms with E-state index in [1.165, 1.54) is 12.8 Å². The summed E-state index contributed by atoms with van der Waals surface area (Å²) in [6.45, 7) is 7.87. The van der Waals surface area contributed by atoms with Crippen LogP contribution in [0.3, 0.4) is 0 Å². The lowest BCUT2D eigenvalue weighted by atomic mass is 9.91. The van der Waals surface area contributed by atoms with E-state index in [0.717, 1.165) is 31.7 Å². The molecule has 0 spiro atoms. The fourth-order valence-electron chi connectivity index (χ4n) is 4.21. The lowest BCUT2D eigenvalue weighted by molar-refractivity contribution is -0.131. The number of benzene rings is 1. The Morgan fingerprint density at radius 1 is 1.36 bits per heavy atom. The summed E-state index contributed by atoms with van der Waals surface area (Å²) in [6, 6.07) is 6.01. The molecule has 2 fully saturated rings. The van der Waals surface area contributed by atoms with E-state index in [2.05, 4.69) is 23.6 Å². The van der Waals surface area contributed by atoms with E-state index < -0.39 is 0 Å². The molecule has 0 aromatic heterocycles. The number of phenols is 1. The van der Waals surface area contributed by atoms with Crippen LogP contribution in [-0.4, -0.2) is 53.6 Å². The molecule has 1 N–H and O–H groups in total. The summed E-state index contributed by atoms with van der Waals surface area (Å²) in [5, 5.41) is 9.78. The van der Waals surface area contributed by atoms with Crippen molar-refractivity contribution in [3.8, 4) is 11.5 Å². The monoisotopic (exact) mass is 346 g/mol. The number of carbonyl (C=O) groups is 1. The molecule has 2 aliphatic heterocycles. The molecule has 0 saturated carbocycles. The van der Waals surface area contributed by atoms with Crippen LogP contribution >= 0.6 is 0 Å². The first-order valence-corrected chi connectivity index (χ1v) is 9.35. The Balaban J connectivity index is 1.68. The van der Waals surface area contributed by atoms with Crippen LogP contribution in [-0.2, 0) is 11.3 Å². The van der Waals surface area contributed by atoms with Crippen molar-refractivity contribution in [3.05, 3.63) is 23.8 Å². The Labute approximate surface area is 150 Å².